The van der Waals surface area contributed by atoms with Crippen molar-refractivity contribution in [3.8, 4) is 0 Å². The number of carbonyl (C=O) groups is 1. The van der Waals surface area contributed by atoms with Gasteiger partial charge in [-0.3, -0.25) is 4.79 Å². The Labute approximate surface area is 136 Å². The van der Waals surface area contributed by atoms with E-state index in [4.69, 9.17) is 0 Å². The summed E-state index contributed by atoms with van der Waals surface area (Å²) in [7, 11) is 0. The molecule has 1 saturated heterocycles. The van der Waals surface area contributed by atoms with Gasteiger partial charge in [0.1, 0.15) is 0 Å². The second-order valence-electron chi connectivity index (χ2n) is 7.26. The SMILES string of the molecule is CC(CC(=O)NCCNC1CCCCCC1)C1CCNCC1. The minimum atomic E-state index is 0.230. The molecule has 1 heterocycles. The molecule has 0 aromatic carbocycles. The fourth-order valence-electron chi connectivity index (χ4n) is 3.91. The van der Waals surface area contributed by atoms with Crippen LogP contribution in [0.15, 0.2) is 0 Å². The van der Waals surface area contributed by atoms with E-state index in [0.29, 0.717) is 18.4 Å². The first-order chi connectivity index (χ1) is 10.8. The molecule has 0 aromatic heterocycles. The normalized spacial score (nSPS) is 23.0. The van der Waals surface area contributed by atoms with Crippen molar-refractivity contribution in [2.45, 2.75) is 70.8 Å². The number of hydrogen-bond donors (Lipinski definition) is 3. The van der Waals surface area contributed by atoms with Gasteiger partial charge in [0.15, 0.2) is 0 Å². The minimum absolute atomic E-state index is 0.230. The van der Waals surface area contributed by atoms with Gasteiger partial charge in [0.05, 0.1) is 0 Å². The lowest BCUT2D eigenvalue weighted by Gasteiger charge is -2.27. The third kappa shape index (κ3) is 6.66. The molecule has 2 rings (SSSR count). The van der Waals surface area contributed by atoms with E-state index in [0.717, 1.165) is 32.1 Å². The quantitative estimate of drug-likeness (QED) is 0.500. The summed E-state index contributed by atoms with van der Waals surface area (Å²) in [6.07, 6.45) is 11.2. The van der Waals surface area contributed by atoms with Crippen molar-refractivity contribution in [1.29, 1.82) is 0 Å². The zero-order valence-corrected chi connectivity index (χ0v) is 14.3. The summed E-state index contributed by atoms with van der Waals surface area (Å²) in [4.78, 5) is 12.0. The zero-order valence-electron chi connectivity index (χ0n) is 14.3. The Morgan fingerprint density at radius 1 is 1.05 bits per heavy atom. The lowest BCUT2D eigenvalue weighted by molar-refractivity contribution is -0.122. The van der Waals surface area contributed by atoms with Crippen molar-refractivity contribution in [1.82, 2.24) is 16.0 Å². The standard InChI is InChI=1S/C18H35N3O/c1-15(16-8-10-19-11-9-16)14-18(22)21-13-12-20-17-6-4-2-3-5-7-17/h15-17,19-20H,2-14H2,1H3,(H,21,22). The number of hydrogen-bond acceptors (Lipinski definition) is 3. The van der Waals surface area contributed by atoms with Crippen molar-refractivity contribution >= 4 is 5.91 Å². The highest BCUT2D eigenvalue weighted by Gasteiger charge is 2.21. The van der Waals surface area contributed by atoms with Crippen molar-refractivity contribution in [3.05, 3.63) is 0 Å². The van der Waals surface area contributed by atoms with E-state index in [1.165, 1.54) is 51.4 Å². The Kier molecular flexibility index (Phi) is 8.24. The van der Waals surface area contributed by atoms with Gasteiger partial charge in [-0.1, -0.05) is 32.6 Å². The number of nitrogens with one attached hydrogen (secondary N) is 3. The van der Waals surface area contributed by atoms with Crippen molar-refractivity contribution in [2.24, 2.45) is 11.8 Å². The highest BCUT2D eigenvalue weighted by Crippen LogP contribution is 2.24. The summed E-state index contributed by atoms with van der Waals surface area (Å²) >= 11 is 0. The second-order valence-corrected chi connectivity index (χ2v) is 7.26. The van der Waals surface area contributed by atoms with Crippen LogP contribution < -0.4 is 16.0 Å². The van der Waals surface area contributed by atoms with E-state index in [2.05, 4.69) is 22.9 Å². The van der Waals surface area contributed by atoms with Crippen LogP contribution in [-0.2, 0) is 4.79 Å². The molecule has 2 fully saturated rings. The predicted octanol–water partition coefficient (Wildman–Crippen LogP) is 2.44. The Morgan fingerprint density at radius 2 is 1.73 bits per heavy atom. The molecule has 22 heavy (non-hydrogen) atoms. The van der Waals surface area contributed by atoms with Crippen LogP contribution in [0, 0.1) is 11.8 Å². The van der Waals surface area contributed by atoms with Gasteiger partial charge in [-0.05, 0) is 50.6 Å². The fraction of sp³-hybridized carbons (Fsp3) is 0.944. The average Bonchev–Trinajstić information content (AvgIpc) is 2.81. The van der Waals surface area contributed by atoms with Crippen LogP contribution in [0.4, 0.5) is 0 Å². The van der Waals surface area contributed by atoms with Gasteiger partial charge in [-0.25, -0.2) is 0 Å². The molecule has 1 aliphatic carbocycles. The van der Waals surface area contributed by atoms with Gasteiger partial charge in [-0.15, -0.1) is 0 Å². The van der Waals surface area contributed by atoms with Crippen LogP contribution in [0.3, 0.4) is 0 Å². The maximum absolute atomic E-state index is 12.0. The topological polar surface area (TPSA) is 53.2 Å². The summed E-state index contributed by atoms with van der Waals surface area (Å²) in [5, 5.41) is 10.1. The van der Waals surface area contributed by atoms with Gasteiger partial charge in [0.2, 0.25) is 5.91 Å². The van der Waals surface area contributed by atoms with Crippen molar-refractivity contribution < 1.29 is 4.79 Å². The predicted molar refractivity (Wildman–Crippen MR) is 91.9 cm³/mol. The first kappa shape index (κ1) is 17.7. The molecule has 1 aliphatic heterocycles. The maximum Gasteiger partial charge on any atom is 0.220 e. The lowest BCUT2D eigenvalue weighted by atomic mass is 9.84. The zero-order chi connectivity index (χ0) is 15.6. The summed E-state index contributed by atoms with van der Waals surface area (Å²) in [5.74, 6) is 1.46. The Morgan fingerprint density at radius 3 is 2.41 bits per heavy atom. The maximum atomic E-state index is 12.0. The molecule has 4 nitrogen and oxygen atoms in total. The van der Waals surface area contributed by atoms with Crippen LogP contribution in [0.5, 0.6) is 0 Å². The van der Waals surface area contributed by atoms with Crippen LogP contribution in [0.25, 0.3) is 0 Å². The van der Waals surface area contributed by atoms with E-state index in [1.54, 1.807) is 0 Å². The lowest BCUT2D eigenvalue weighted by Crippen LogP contribution is -2.38. The van der Waals surface area contributed by atoms with Gasteiger partial charge in [-0.2, -0.15) is 0 Å². The third-order valence-corrected chi connectivity index (χ3v) is 5.43. The van der Waals surface area contributed by atoms with E-state index < -0.39 is 0 Å². The Hall–Kier alpha value is -0.610. The molecule has 0 spiro atoms. The van der Waals surface area contributed by atoms with Crippen molar-refractivity contribution in [2.75, 3.05) is 26.2 Å². The molecule has 1 amide bonds. The molecular formula is C18H35N3O. The molecule has 2 aliphatic rings. The largest absolute Gasteiger partial charge is 0.355 e. The van der Waals surface area contributed by atoms with E-state index in [1.807, 2.05) is 0 Å². The molecule has 3 N–H and O–H groups in total. The summed E-state index contributed by atoms with van der Waals surface area (Å²) in [6, 6.07) is 0.674. The average molecular weight is 309 g/mol. The first-order valence-electron chi connectivity index (χ1n) is 9.46. The summed E-state index contributed by atoms with van der Waals surface area (Å²) in [5.41, 5.74) is 0. The third-order valence-electron chi connectivity index (χ3n) is 5.43. The highest BCUT2D eigenvalue weighted by atomic mass is 16.1. The Bertz CT molecular complexity index is 307. The monoisotopic (exact) mass is 309 g/mol. The molecule has 1 unspecified atom stereocenters. The molecular weight excluding hydrogens is 274 g/mol. The molecule has 0 bridgehead atoms. The molecule has 0 aromatic rings. The van der Waals surface area contributed by atoms with Crippen LogP contribution in [-0.4, -0.2) is 38.1 Å². The smallest absolute Gasteiger partial charge is 0.220 e. The van der Waals surface area contributed by atoms with Crippen LogP contribution >= 0.6 is 0 Å². The molecule has 0 radical (unpaired) electrons. The highest BCUT2D eigenvalue weighted by molar-refractivity contribution is 5.76. The van der Waals surface area contributed by atoms with E-state index in [-0.39, 0.29) is 5.91 Å². The van der Waals surface area contributed by atoms with Crippen LogP contribution in [0.2, 0.25) is 0 Å². The second kappa shape index (κ2) is 10.2. The Balaban J connectivity index is 1.53. The van der Waals surface area contributed by atoms with Gasteiger partial charge < -0.3 is 16.0 Å². The van der Waals surface area contributed by atoms with E-state index in [9.17, 15) is 4.79 Å². The number of carbonyl (C=O) groups excluding carboxylic acids is 1. The van der Waals surface area contributed by atoms with E-state index >= 15 is 0 Å². The number of rotatable bonds is 7. The number of amides is 1. The summed E-state index contributed by atoms with van der Waals surface area (Å²) in [6.45, 7) is 6.15. The van der Waals surface area contributed by atoms with Gasteiger partial charge in [0, 0.05) is 25.6 Å². The summed E-state index contributed by atoms with van der Waals surface area (Å²) < 4.78 is 0. The van der Waals surface area contributed by atoms with Crippen LogP contribution in [0.1, 0.15) is 64.7 Å². The minimum Gasteiger partial charge on any atom is -0.355 e. The van der Waals surface area contributed by atoms with Gasteiger partial charge >= 0.3 is 0 Å². The van der Waals surface area contributed by atoms with Crippen molar-refractivity contribution in [3.63, 3.8) is 0 Å². The fourth-order valence-corrected chi connectivity index (χ4v) is 3.91. The van der Waals surface area contributed by atoms with Gasteiger partial charge in [0.25, 0.3) is 0 Å². The molecule has 128 valence electrons. The molecule has 1 saturated carbocycles. The molecule has 4 heteroatoms. The molecule has 1 atom stereocenters. The first-order valence-corrected chi connectivity index (χ1v) is 9.46. The number of piperidine rings is 1.